The van der Waals surface area contributed by atoms with E-state index in [-0.39, 0.29) is 38.3 Å². The number of amides is 2. The largest absolute Gasteiger partial charge is 0.471 e. The molecule has 0 saturated carbocycles. The molecule has 5 aromatic rings. The van der Waals surface area contributed by atoms with Crippen molar-refractivity contribution in [3.8, 4) is 11.1 Å². The first-order valence-corrected chi connectivity index (χ1v) is 16.9. The van der Waals surface area contributed by atoms with Crippen molar-refractivity contribution < 1.29 is 37.3 Å². The van der Waals surface area contributed by atoms with Gasteiger partial charge in [0.15, 0.2) is 6.29 Å². The van der Waals surface area contributed by atoms with Crippen LogP contribution in [0.25, 0.3) is 22.2 Å². The molecule has 4 aromatic carbocycles. The first kappa shape index (κ1) is 34.4. The number of benzene rings is 4. The lowest BCUT2D eigenvalue weighted by Crippen LogP contribution is -2.50. The quantitative estimate of drug-likeness (QED) is 0.180. The summed E-state index contributed by atoms with van der Waals surface area (Å²) in [6, 6.07) is 29.9. The van der Waals surface area contributed by atoms with E-state index in [1.807, 2.05) is 103 Å². The van der Waals surface area contributed by atoms with Crippen LogP contribution < -0.4 is 5.32 Å². The third kappa shape index (κ3) is 7.68. The first-order chi connectivity index (χ1) is 24.7. The van der Waals surface area contributed by atoms with E-state index in [0.717, 1.165) is 44.4 Å². The van der Waals surface area contributed by atoms with E-state index in [9.17, 15) is 27.9 Å². The molecular weight excluding hydrogens is 661 g/mol. The highest BCUT2D eigenvalue weighted by Gasteiger charge is 2.47. The van der Waals surface area contributed by atoms with E-state index in [1.165, 1.54) is 0 Å². The Kier molecular flexibility index (Phi) is 9.90. The molecule has 3 heterocycles. The van der Waals surface area contributed by atoms with E-state index in [1.54, 1.807) is 0 Å². The molecule has 1 aromatic heterocycles. The summed E-state index contributed by atoms with van der Waals surface area (Å²) in [5, 5.41) is 12.3. The average molecular weight is 699 g/mol. The van der Waals surface area contributed by atoms with Crippen LogP contribution in [0.1, 0.15) is 53.9 Å². The Hall–Kier alpha value is -5.04. The fourth-order valence-corrected chi connectivity index (χ4v) is 6.89. The summed E-state index contributed by atoms with van der Waals surface area (Å²) in [6.45, 7) is 0.514. The van der Waals surface area contributed by atoms with Crippen molar-refractivity contribution in [3.63, 3.8) is 0 Å². The Balaban J connectivity index is 1.08. The molecule has 2 aliphatic heterocycles. The van der Waals surface area contributed by atoms with Crippen LogP contribution in [0.5, 0.6) is 0 Å². The summed E-state index contributed by atoms with van der Waals surface area (Å²) < 4.78 is 54.5. The van der Waals surface area contributed by atoms with Crippen molar-refractivity contribution in [1.29, 1.82) is 0 Å². The Bertz CT molecular complexity index is 2010. The maximum atomic E-state index is 13.1. The van der Waals surface area contributed by atoms with Gasteiger partial charge in [0, 0.05) is 25.1 Å². The average Bonchev–Trinajstić information content (AvgIpc) is 3.81. The van der Waals surface area contributed by atoms with Gasteiger partial charge in [-0.1, -0.05) is 72.8 Å². The van der Waals surface area contributed by atoms with Crippen LogP contribution in [0, 0.1) is 0 Å². The predicted molar refractivity (Wildman–Crippen MR) is 183 cm³/mol. The second-order valence-electron chi connectivity index (χ2n) is 12.9. The van der Waals surface area contributed by atoms with E-state index < -0.39 is 30.3 Å². The van der Waals surface area contributed by atoms with Gasteiger partial charge in [0.05, 0.1) is 42.7 Å². The lowest BCUT2D eigenvalue weighted by atomic mass is 9.98. The summed E-state index contributed by atoms with van der Waals surface area (Å²) >= 11 is 0. The number of hydrogen-bond donors (Lipinski definition) is 2. The number of likely N-dealkylation sites (tertiary alicyclic amines) is 1. The van der Waals surface area contributed by atoms with Crippen LogP contribution in [-0.2, 0) is 38.8 Å². The van der Waals surface area contributed by atoms with Crippen molar-refractivity contribution in [3.05, 3.63) is 126 Å². The van der Waals surface area contributed by atoms with Crippen LogP contribution in [0.15, 0.2) is 103 Å². The lowest BCUT2D eigenvalue weighted by molar-refractivity contribution is -0.252. The molecule has 12 heteroatoms. The number of imidazole rings is 1. The molecule has 2 N–H and O–H groups in total. The van der Waals surface area contributed by atoms with Gasteiger partial charge < -0.3 is 29.4 Å². The van der Waals surface area contributed by atoms with Crippen LogP contribution in [0.4, 0.5) is 13.2 Å². The summed E-state index contributed by atoms with van der Waals surface area (Å²) in [4.78, 5) is 29.9. The van der Waals surface area contributed by atoms with Crippen molar-refractivity contribution in [1.82, 2.24) is 19.8 Å². The molecule has 4 unspecified atom stereocenters. The fraction of sp³-hybridized carbons (Fsp3) is 0.308. The van der Waals surface area contributed by atoms with Gasteiger partial charge in [0.2, 0.25) is 5.91 Å². The molecule has 7 rings (SSSR count). The maximum Gasteiger partial charge on any atom is 0.471 e. The fourth-order valence-electron chi connectivity index (χ4n) is 6.89. The van der Waals surface area contributed by atoms with Gasteiger partial charge in [0.1, 0.15) is 6.04 Å². The molecular formula is C39H37F3N4O5. The van der Waals surface area contributed by atoms with Gasteiger partial charge in [-0.2, -0.15) is 13.2 Å². The van der Waals surface area contributed by atoms with Gasteiger partial charge in [0.25, 0.3) is 0 Å². The number of para-hydroxylation sites is 2. The van der Waals surface area contributed by atoms with E-state index in [0.29, 0.717) is 24.3 Å². The zero-order valence-electron chi connectivity index (χ0n) is 27.6. The maximum absolute atomic E-state index is 13.1. The minimum Gasteiger partial charge on any atom is -0.392 e. The molecule has 0 spiro atoms. The Morgan fingerprint density at radius 2 is 1.65 bits per heavy atom. The van der Waals surface area contributed by atoms with Crippen LogP contribution in [0.3, 0.4) is 0 Å². The van der Waals surface area contributed by atoms with Gasteiger partial charge in [-0.25, -0.2) is 4.98 Å². The SMILES string of the molecule is O=C(NCc1cccc(-c2cccc(C3OC(Cn4cnc5ccccc54)CC(c4ccc(CO)cc4)O3)c2)c1)C1CCCN1C(=O)C(F)(F)F. The number of nitrogens with one attached hydrogen (secondary N) is 1. The molecule has 2 aliphatic rings. The second-order valence-corrected chi connectivity index (χ2v) is 12.9. The third-order valence-corrected chi connectivity index (χ3v) is 9.49. The van der Waals surface area contributed by atoms with Crippen molar-refractivity contribution in [2.24, 2.45) is 0 Å². The van der Waals surface area contributed by atoms with E-state index in [2.05, 4.69) is 14.9 Å². The highest BCUT2D eigenvalue weighted by Crippen LogP contribution is 2.39. The van der Waals surface area contributed by atoms with Gasteiger partial charge in [-0.05, 0) is 64.9 Å². The summed E-state index contributed by atoms with van der Waals surface area (Å²) in [7, 11) is 0. The number of carbonyl (C=O) groups is 2. The zero-order chi connectivity index (χ0) is 35.5. The monoisotopic (exact) mass is 698 g/mol. The van der Waals surface area contributed by atoms with Gasteiger partial charge in [-0.15, -0.1) is 0 Å². The highest BCUT2D eigenvalue weighted by molar-refractivity contribution is 5.90. The molecule has 9 nitrogen and oxygen atoms in total. The lowest BCUT2D eigenvalue weighted by Gasteiger charge is -2.36. The highest BCUT2D eigenvalue weighted by atomic mass is 19.4. The number of nitrogens with zero attached hydrogens (tertiary/aromatic N) is 3. The second kappa shape index (κ2) is 14.7. The molecule has 2 amide bonds. The Morgan fingerprint density at radius 1 is 0.882 bits per heavy atom. The Morgan fingerprint density at radius 3 is 2.43 bits per heavy atom. The number of fused-ring (bicyclic) bond motifs is 1. The number of aliphatic hydroxyl groups is 1. The normalized spacial score (nSPS) is 20.8. The molecule has 0 bridgehead atoms. The summed E-state index contributed by atoms with van der Waals surface area (Å²) in [5.74, 6) is -2.59. The smallest absolute Gasteiger partial charge is 0.392 e. The van der Waals surface area contributed by atoms with Crippen LogP contribution >= 0.6 is 0 Å². The molecule has 2 fully saturated rings. The number of aromatic nitrogens is 2. The standard InChI is InChI=1S/C39H37F3N4O5/c40-39(41,42)38(49)46-17-5-12-34(46)36(48)43-21-26-6-3-7-28(18-26)29-8-4-9-30(19-29)37-50-31(22-45-24-44-32-10-1-2-11-33(32)45)20-35(51-37)27-15-13-25(23-47)14-16-27/h1-4,6-11,13-16,18-19,24,31,34-35,37,47H,5,12,17,20-23H2,(H,43,48). The van der Waals surface area contributed by atoms with Crippen LogP contribution in [-0.4, -0.2) is 56.2 Å². The zero-order valence-corrected chi connectivity index (χ0v) is 27.6. The number of ether oxygens (including phenoxy) is 2. The number of alkyl halides is 3. The molecule has 2 saturated heterocycles. The Labute approximate surface area is 292 Å². The van der Waals surface area contributed by atoms with Crippen molar-refractivity contribution in [2.75, 3.05) is 6.54 Å². The van der Waals surface area contributed by atoms with Gasteiger partial charge in [-0.3, -0.25) is 9.59 Å². The number of aliphatic hydroxyl groups excluding tert-OH is 1. The minimum atomic E-state index is -5.03. The van der Waals surface area contributed by atoms with E-state index in [4.69, 9.17) is 9.47 Å². The molecule has 0 radical (unpaired) electrons. The molecule has 0 aliphatic carbocycles. The molecule has 51 heavy (non-hydrogen) atoms. The number of rotatable bonds is 9. The van der Waals surface area contributed by atoms with Crippen LogP contribution in [0.2, 0.25) is 0 Å². The number of hydrogen-bond acceptors (Lipinski definition) is 6. The van der Waals surface area contributed by atoms with Crippen molar-refractivity contribution >= 4 is 22.8 Å². The summed E-state index contributed by atoms with van der Waals surface area (Å²) in [5.41, 5.74) is 7.04. The number of carbonyl (C=O) groups excluding carboxylic acids is 2. The molecule has 264 valence electrons. The summed E-state index contributed by atoms with van der Waals surface area (Å²) in [6.07, 6.45) is -3.24. The third-order valence-electron chi connectivity index (χ3n) is 9.49. The molecule has 4 atom stereocenters. The van der Waals surface area contributed by atoms with Crippen molar-refractivity contribution in [2.45, 2.75) is 69.7 Å². The topological polar surface area (TPSA) is 106 Å². The number of halogens is 3. The minimum absolute atomic E-state index is 0.0453. The first-order valence-electron chi connectivity index (χ1n) is 16.9. The van der Waals surface area contributed by atoms with Gasteiger partial charge >= 0.3 is 12.1 Å². The van der Waals surface area contributed by atoms with E-state index >= 15 is 0 Å². The predicted octanol–water partition coefficient (Wildman–Crippen LogP) is 6.61.